The van der Waals surface area contributed by atoms with Crippen LogP contribution in [0.15, 0.2) is 0 Å². The van der Waals surface area contributed by atoms with Crippen molar-refractivity contribution in [3.63, 3.8) is 0 Å². The Morgan fingerprint density at radius 3 is 1.93 bits per heavy atom. The molecular formula is C9H20N2O3. The van der Waals surface area contributed by atoms with Crippen molar-refractivity contribution in [3.05, 3.63) is 0 Å². The summed E-state index contributed by atoms with van der Waals surface area (Å²) < 4.78 is 0. The van der Waals surface area contributed by atoms with Crippen molar-refractivity contribution in [2.45, 2.75) is 45.7 Å². The topological polar surface area (TPSA) is 72.8 Å². The van der Waals surface area contributed by atoms with Crippen LogP contribution in [-0.2, 0) is 0 Å². The second kappa shape index (κ2) is 4.14. The summed E-state index contributed by atoms with van der Waals surface area (Å²) in [4.78, 5) is 10.9. The number of hydrazine groups is 1. The molecule has 0 aromatic carbocycles. The number of hydrogen-bond acceptors (Lipinski definition) is 3. The van der Waals surface area contributed by atoms with Gasteiger partial charge in [-0.2, -0.15) is 0 Å². The summed E-state index contributed by atoms with van der Waals surface area (Å²) in [5, 5.41) is 19.1. The predicted molar refractivity (Wildman–Crippen MR) is 53.9 cm³/mol. The number of carbonyl (C=O) groups is 1. The molecule has 0 saturated heterocycles. The molecule has 5 nitrogen and oxygen atoms in total. The zero-order valence-electron chi connectivity index (χ0n) is 9.46. The van der Waals surface area contributed by atoms with Gasteiger partial charge in [-0.15, -0.1) is 0 Å². The average molecular weight is 204 g/mol. The van der Waals surface area contributed by atoms with E-state index >= 15 is 0 Å². The van der Waals surface area contributed by atoms with Crippen LogP contribution in [0.1, 0.15) is 34.6 Å². The van der Waals surface area contributed by atoms with Crippen LogP contribution in [0.25, 0.3) is 0 Å². The van der Waals surface area contributed by atoms with E-state index in [-0.39, 0.29) is 6.61 Å². The molecule has 0 bridgehead atoms. The van der Waals surface area contributed by atoms with Crippen LogP contribution < -0.4 is 5.43 Å². The van der Waals surface area contributed by atoms with E-state index in [4.69, 9.17) is 10.2 Å². The van der Waals surface area contributed by atoms with Crippen molar-refractivity contribution < 1.29 is 15.0 Å². The van der Waals surface area contributed by atoms with E-state index in [0.717, 1.165) is 5.01 Å². The lowest BCUT2D eigenvalue weighted by Crippen LogP contribution is -2.61. The van der Waals surface area contributed by atoms with Crippen molar-refractivity contribution in [2.75, 3.05) is 6.61 Å². The Bertz CT molecular complexity index is 209. The van der Waals surface area contributed by atoms with Gasteiger partial charge in [0.1, 0.15) is 0 Å². The van der Waals surface area contributed by atoms with Crippen LogP contribution in [-0.4, -0.2) is 39.0 Å². The molecule has 0 unspecified atom stereocenters. The Morgan fingerprint density at radius 1 is 1.29 bits per heavy atom. The minimum Gasteiger partial charge on any atom is -0.464 e. The maximum absolute atomic E-state index is 10.9. The van der Waals surface area contributed by atoms with Crippen LogP contribution in [0.3, 0.4) is 0 Å². The molecule has 0 rings (SSSR count). The van der Waals surface area contributed by atoms with Crippen molar-refractivity contribution >= 4 is 6.09 Å². The molecule has 0 aromatic heterocycles. The molecule has 0 atom stereocenters. The van der Waals surface area contributed by atoms with Crippen LogP contribution in [0, 0.1) is 0 Å². The van der Waals surface area contributed by atoms with Gasteiger partial charge in [0.2, 0.25) is 0 Å². The molecule has 0 fully saturated rings. The van der Waals surface area contributed by atoms with Crippen molar-refractivity contribution in [1.29, 1.82) is 0 Å². The number of amides is 1. The minimum absolute atomic E-state index is 0.132. The van der Waals surface area contributed by atoms with Crippen molar-refractivity contribution in [2.24, 2.45) is 0 Å². The van der Waals surface area contributed by atoms with Crippen molar-refractivity contribution in [3.8, 4) is 0 Å². The lowest BCUT2D eigenvalue weighted by Gasteiger charge is -2.39. The fourth-order valence-electron chi connectivity index (χ4n) is 0.840. The van der Waals surface area contributed by atoms with Gasteiger partial charge in [-0.05, 0) is 34.6 Å². The Hall–Kier alpha value is -0.810. The summed E-state index contributed by atoms with van der Waals surface area (Å²) in [5.41, 5.74) is 1.58. The van der Waals surface area contributed by atoms with Gasteiger partial charge < -0.3 is 10.2 Å². The number of aliphatic hydroxyl groups excluding tert-OH is 1. The summed E-state index contributed by atoms with van der Waals surface area (Å²) in [5.74, 6) is 0. The number of carboxylic acid groups (broad SMARTS) is 1. The van der Waals surface area contributed by atoms with Gasteiger partial charge in [0, 0.05) is 0 Å². The molecule has 14 heavy (non-hydrogen) atoms. The highest BCUT2D eigenvalue weighted by Gasteiger charge is 2.31. The molecule has 0 radical (unpaired) electrons. The quantitative estimate of drug-likeness (QED) is 0.601. The standard InChI is InChI=1S/C9H20N2O3/c1-8(2,3)11(7(13)14)10-9(4,5)6-12/h10,12H,6H2,1-5H3,(H,13,14). The molecule has 5 heteroatoms. The normalized spacial score (nSPS) is 12.7. The highest BCUT2D eigenvalue weighted by Crippen LogP contribution is 2.13. The van der Waals surface area contributed by atoms with E-state index in [2.05, 4.69) is 5.43 Å². The average Bonchev–Trinajstić information content (AvgIpc) is 1.98. The second-order valence-corrected chi connectivity index (χ2v) is 4.94. The Kier molecular flexibility index (Phi) is 3.91. The molecule has 0 aliphatic rings. The van der Waals surface area contributed by atoms with E-state index in [1.807, 2.05) is 0 Å². The second-order valence-electron chi connectivity index (χ2n) is 4.94. The maximum Gasteiger partial charge on any atom is 0.422 e. The van der Waals surface area contributed by atoms with Gasteiger partial charge in [0.15, 0.2) is 0 Å². The molecule has 0 spiro atoms. The summed E-state index contributed by atoms with van der Waals surface area (Å²) >= 11 is 0. The number of nitrogens with zero attached hydrogens (tertiary/aromatic N) is 1. The van der Waals surface area contributed by atoms with Gasteiger partial charge in [-0.25, -0.2) is 15.2 Å². The lowest BCUT2D eigenvalue weighted by molar-refractivity contribution is 0.0191. The molecule has 0 aliphatic carbocycles. The zero-order chi connectivity index (χ0) is 11.6. The van der Waals surface area contributed by atoms with Gasteiger partial charge in [0.05, 0.1) is 17.7 Å². The Labute approximate surface area is 84.7 Å². The van der Waals surface area contributed by atoms with E-state index in [9.17, 15) is 4.79 Å². The van der Waals surface area contributed by atoms with Crippen LogP contribution in [0.4, 0.5) is 4.79 Å². The van der Waals surface area contributed by atoms with E-state index in [1.165, 1.54) is 0 Å². The Morgan fingerprint density at radius 2 is 1.71 bits per heavy atom. The summed E-state index contributed by atoms with van der Waals surface area (Å²) in [6.07, 6.45) is -1.06. The summed E-state index contributed by atoms with van der Waals surface area (Å²) in [6, 6.07) is 0. The maximum atomic E-state index is 10.9. The molecule has 3 N–H and O–H groups in total. The van der Waals surface area contributed by atoms with Crippen LogP contribution >= 0.6 is 0 Å². The van der Waals surface area contributed by atoms with E-state index in [1.54, 1.807) is 34.6 Å². The molecule has 0 aromatic rings. The smallest absolute Gasteiger partial charge is 0.422 e. The first-order valence-electron chi connectivity index (χ1n) is 4.52. The Balaban J connectivity index is 4.64. The van der Waals surface area contributed by atoms with Crippen LogP contribution in [0.2, 0.25) is 0 Å². The minimum atomic E-state index is -1.06. The third-order valence-corrected chi connectivity index (χ3v) is 1.67. The van der Waals surface area contributed by atoms with Crippen LogP contribution in [0.5, 0.6) is 0 Å². The summed E-state index contributed by atoms with van der Waals surface area (Å²) in [6.45, 7) is 8.67. The van der Waals surface area contributed by atoms with Gasteiger partial charge >= 0.3 is 6.09 Å². The predicted octanol–water partition coefficient (Wildman–Crippen LogP) is 1.04. The first kappa shape index (κ1) is 13.2. The molecule has 0 heterocycles. The highest BCUT2D eigenvalue weighted by atomic mass is 16.4. The van der Waals surface area contributed by atoms with Gasteiger partial charge in [-0.3, -0.25) is 0 Å². The monoisotopic (exact) mass is 204 g/mol. The molecule has 1 amide bonds. The number of aliphatic hydroxyl groups is 1. The third kappa shape index (κ3) is 3.93. The molecule has 0 saturated carbocycles. The van der Waals surface area contributed by atoms with Crippen molar-refractivity contribution in [1.82, 2.24) is 10.4 Å². The highest BCUT2D eigenvalue weighted by molar-refractivity contribution is 5.65. The zero-order valence-corrected chi connectivity index (χ0v) is 9.46. The molecule has 84 valence electrons. The fourth-order valence-corrected chi connectivity index (χ4v) is 0.840. The number of hydrogen-bond donors (Lipinski definition) is 3. The lowest BCUT2D eigenvalue weighted by atomic mass is 10.1. The largest absolute Gasteiger partial charge is 0.464 e. The van der Waals surface area contributed by atoms with Gasteiger partial charge in [0.25, 0.3) is 0 Å². The number of rotatable bonds is 3. The number of nitrogens with one attached hydrogen (secondary N) is 1. The third-order valence-electron chi connectivity index (χ3n) is 1.67. The fraction of sp³-hybridized carbons (Fsp3) is 0.889. The molecule has 0 aliphatic heterocycles. The van der Waals surface area contributed by atoms with E-state index in [0.29, 0.717) is 0 Å². The first-order valence-corrected chi connectivity index (χ1v) is 4.52. The first-order chi connectivity index (χ1) is 6.10. The SMILES string of the molecule is CC(C)(CO)NN(C(=O)O)C(C)(C)C. The van der Waals surface area contributed by atoms with E-state index < -0.39 is 17.2 Å². The molecular weight excluding hydrogens is 184 g/mol. The van der Waals surface area contributed by atoms with Gasteiger partial charge in [-0.1, -0.05) is 0 Å². The summed E-state index contributed by atoms with van der Waals surface area (Å²) in [7, 11) is 0.